The van der Waals surface area contributed by atoms with Crippen molar-refractivity contribution < 1.29 is 0 Å². The average Bonchev–Trinajstić information content (AvgIpc) is 2.16. The van der Waals surface area contributed by atoms with Crippen molar-refractivity contribution >= 4 is 11.8 Å². The summed E-state index contributed by atoms with van der Waals surface area (Å²) < 4.78 is 0. The quantitative estimate of drug-likeness (QED) is 0.596. The fraction of sp³-hybridized carbons (Fsp3) is 1.00. The lowest BCUT2D eigenvalue weighted by atomic mass is 10.0. The first kappa shape index (κ1) is 14.3. The Morgan fingerprint density at radius 3 is 2.43 bits per heavy atom. The van der Waals surface area contributed by atoms with E-state index >= 15 is 0 Å². The molecule has 0 saturated carbocycles. The molecule has 0 radical (unpaired) electrons. The van der Waals surface area contributed by atoms with Crippen LogP contribution in [0.4, 0.5) is 0 Å². The molecule has 0 rings (SSSR count). The molecule has 0 aliphatic rings. The lowest BCUT2D eigenvalue weighted by molar-refractivity contribution is 0.499. The van der Waals surface area contributed by atoms with E-state index in [1.54, 1.807) is 0 Å². The van der Waals surface area contributed by atoms with Crippen LogP contribution in [0.2, 0.25) is 0 Å². The summed E-state index contributed by atoms with van der Waals surface area (Å²) in [5, 5.41) is 0. The van der Waals surface area contributed by atoms with E-state index in [4.69, 9.17) is 5.73 Å². The third kappa shape index (κ3) is 8.89. The van der Waals surface area contributed by atoms with E-state index in [1.807, 2.05) is 0 Å². The molecule has 0 aliphatic heterocycles. The van der Waals surface area contributed by atoms with Gasteiger partial charge in [0.15, 0.2) is 0 Å². The first-order valence-electron chi connectivity index (χ1n) is 6.04. The topological polar surface area (TPSA) is 26.0 Å². The van der Waals surface area contributed by atoms with Gasteiger partial charge in [0.2, 0.25) is 0 Å². The molecule has 2 atom stereocenters. The third-order valence-corrected chi connectivity index (χ3v) is 3.85. The molecule has 0 heterocycles. The van der Waals surface area contributed by atoms with Crippen LogP contribution in [-0.2, 0) is 0 Å². The van der Waals surface area contributed by atoms with Gasteiger partial charge in [0, 0.05) is 6.04 Å². The van der Waals surface area contributed by atoms with Gasteiger partial charge in [-0.05, 0) is 37.2 Å². The Balaban J connectivity index is 3.33. The second-order valence-electron chi connectivity index (χ2n) is 4.26. The van der Waals surface area contributed by atoms with Crippen molar-refractivity contribution in [2.24, 2.45) is 11.7 Å². The summed E-state index contributed by atoms with van der Waals surface area (Å²) in [6.45, 7) is 6.68. The van der Waals surface area contributed by atoms with E-state index in [-0.39, 0.29) is 0 Å². The number of nitrogens with two attached hydrogens (primary N) is 1. The molecule has 1 nitrogen and oxygen atoms in total. The molecule has 0 aromatic heterocycles. The van der Waals surface area contributed by atoms with Crippen LogP contribution in [0.3, 0.4) is 0 Å². The standard InChI is InChI=1S/C12H27NS/c1-4-6-7-12(5-2)10-14-9-8-11(3)13/h11-12H,4-10,13H2,1-3H3. The van der Waals surface area contributed by atoms with Crippen LogP contribution >= 0.6 is 11.8 Å². The van der Waals surface area contributed by atoms with Crippen LogP contribution in [0.5, 0.6) is 0 Å². The van der Waals surface area contributed by atoms with E-state index in [0.29, 0.717) is 6.04 Å². The minimum atomic E-state index is 0.373. The SMILES string of the molecule is CCCCC(CC)CSCCC(C)N. The number of hydrogen-bond acceptors (Lipinski definition) is 2. The average molecular weight is 217 g/mol. The molecule has 2 N–H and O–H groups in total. The summed E-state index contributed by atoms with van der Waals surface area (Å²) in [7, 11) is 0. The Kier molecular flexibility index (Phi) is 10.1. The van der Waals surface area contributed by atoms with Gasteiger partial charge in [-0.2, -0.15) is 11.8 Å². The molecule has 0 amide bonds. The van der Waals surface area contributed by atoms with E-state index < -0.39 is 0 Å². The van der Waals surface area contributed by atoms with Crippen LogP contribution in [0.25, 0.3) is 0 Å². The predicted octanol–water partition coefficient (Wildman–Crippen LogP) is 3.67. The maximum Gasteiger partial charge on any atom is 0.00183 e. The molecule has 86 valence electrons. The van der Waals surface area contributed by atoms with E-state index in [1.165, 1.54) is 37.2 Å². The Morgan fingerprint density at radius 2 is 1.93 bits per heavy atom. The zero-order chi connectivity index (χ0) is 10.8. The number of rotatable bonds is 9. The lowest BCUT2D eigenvalue weighted by Gasteiger charge is -2.14. The van der Waals surface area contributed by atoms with Crippen molar-refractivity contribution in [2.75, 3.05) is 11.5 Å². The molecule has 0 fully saturated rings. The van der Waals surface area contributed by atoms with Gasteiger partial charge in [-0.3, -0.25) is 0 Å². The van der Waals surface area contributed by atoms with Crippen LogP contribution in [0, 0.1) is 5.92 Å². The minimum absolute atomic E-state index is 0.373. The normalized spacial score (nSPS) is 15.4. The van der Waals surface area contributed by atoms with Gasteiger partial charge < -0.3 is 5.73 Å². The van der Waals surface area contributed by atoms with E-state index in [2.05, 4.69) is 32.5 Å². The summed E-state index contributed by atoms with van der Waals surface area (Å²) in [5.74, 6) is 3.51. The summed E-state index contributed by atoms with van der Waals surface area (Å²) in [4.78, 5) is 0. The number of hydrogen-bond donors (Lipinski definition) is 1. The number of thioether (sulfide) groups is 1. The molecule has 0 bridgehead atoms. The fourth-order valence-electron chi connectivity index (χ4n) is 1.42. The third-order valence-electron chi connectivity index (χ3n) is 2.61. The summed E-state index contributed by atoms with van der Waals surface area (Å²) in [5.41, 5.74) is 5.71. The zero-order valence-corrected chi connectivity index (χ0v) is 10.9. The second-order valence-corrected chi connectivity index (χ2v) is 5.41. The van der Waals surface area contributed by atoms with Crippen molar-refractivity contribution in [3.63, 3.8) is 0 Å². The molecule has 0 spiro atoms. The van der Waals surface area contributed by atoms with Crippen molar-refractivity contribution in [1.82, 2.24) is 0 Å². The van der Waals surface area contributed by atoms with Gasteiger partial charge >= 0.3 is 0 Å². The van der Waals surface area contributed by atoms with Crippen LogP contribution in [0.1, 0.15) is 52.9 Å². The van der Waals surface area contributed by atoms with Crippen LogP contribution in [-0.4, -0.2) is 17.5 Å². The minimum Gasteiger partial charge on any atom is -0.328 e. The Hall–Kier alpha value is 0.310. The van der Waals surface area contributed by atoms with Crippen molar-refractivity contribution in [2.45, 2.75) is 58.9 Å². The maximum absolute atomic E-state index is 5.71. The van der Waals surface area contributed by atoms with Gasteiger partial charge in [0.1, 0.15) is 0 Å². The largest absolute Gasteiger partial charge is 0.328 e. The van der Waals surface area contributed by atoms with Gasteiger partial charge in [-0.25, -0.2) is 0 Å². The zero-order valence-electron chi connectivity index (χ0n) is 10.1. The Bertz CT molecular complexity index is 115. The van der Waals surface area contributed by atoms with Crippen molar-refractivity contribution in [1.29, 1.82) is 0 Å². The summed E-state index contributed by atoms with van der Waals surface area (Å²) in [6.07, 6.45) is 6.64. The van der Waals surface area contributed by atoms with Gasteiger partial charge in [0.25, 0.3) is 0 Å². The molecule has 2 heteroatoms. The smallest absolute Gasteiger partial charge is 0.00183 e. The first-order valence-corrected chi connectivity index (χ1v) is 7.19. The Labute approximate surface area is 94.2 Å². The molecular formula is C12H27NS. The highest BCUT2D eigenvalue weighted by atomic mass is 32.2. The molecular weight excluding hydrogens is 190 g/mol. The Morgan fingerprint density at radius 1 is 1.21 bits per heavy atom. The van der Waals surface area contributed by atoms with Crippen LogP contribution in [0.15, 0.2) is 0 Å². The summed E-state index contributed by atoms with van der Waals surface area (Å²) >= 11 is 2.08. The monoisotopic (exact) mass is 217 g/mol. The molecule has 0 aromatic rings. The molecule has 2 unspecified atom stereocenters. The highest BCUT2D eigenvalue weighted by Gasteiger charge is 2.05. The lowest BCUT2D eigenvalue weighted by Crippen LogP contribution is -2.15. The molecule has 0 aliphatic carbocycles. The molecule has 0 aromatic carbocycles. The molecule has 14 heavy (non-hydrogen) atoms. The first-order chi connectivity index (χ1) is 6.70. The highest BCUT2D eigenvalue weighted by Crippen LogP contribution is 2.18. The summed E-state index contributed by atoms with van der Waals surface area (Å²) in [6, 6.07) is 0.373. The fourth-order valence-corrected chi connectivity index (χ4v) is 2.86. The van der Waals surface area contributed by atoms with Gasteiger partial charge in [0.05, 0.1) is 0 Å². The maximum atomic E-state index is 5.71. The van der Waals surface area contributed by atoms with E-state index in [0.717, 1.165) is 12.3 Å². The van der Waals surface area contributed by atoms with Gasteiger partial charge in [-0.1, -0.05) is 33.1 Å². The highest BCUT2D eigenvalue weighted by molar-refractivity contribution is 7.99. The van der Waals surface area contributed by atoms with E-state index in [9.17, 15) is 0 Å². The second kappa shape index (κ2) is 9.85. The number of unbranched alkanes of at least 4 members (excludes halogenated alkanes) is 1. The van der Waals surface area contributed by atoms with Crippen molar-refractivity contribution in [3.8, 4) is 0 Å². The van der Waals surface area contributed by atoms with Crippen LogP contribution < -0.4 is 5.73 Å². The molecule has 0 saturated heterocycles. The predicted molar refractivity (Wildman–Crippen MR) is 68.9 cm³/mol. The van der Waals surface area contributed by atoms with Crippen molar-refractivity contribution in [3.05, 3.63) is 0 Å². The van der Waals surface area contributed by atoms with Gasteiger partial charge in [-0.15, -0.1) is 0 Å².